The van der Waals surface area contributed by atoms with E-state index in [1.807, 2.05) is 72.4 Å². The number of rotatable bonds is 11. The summed E-state index contributed by atoms with van der Waals surface area (Å²) < 4.78 is 12.7. The van der Waals surface area contributed by atoms with E-state index < -0.39 is 0 Å². The summed E-state index contributed by atoms with van der Waals surface area (Å²) in [5.74, 6) is 0. The van der Waals surface area contributed by atoms with Crippen LogP contribution in [0.3, 0.4) is 0 Å². The number of anilines is 1. The smallest absolute Gasteiger partial charge is 0.319 e. The molecule has 2 aromatic carbocycles. The number of ether oxygens (including phenoxy) is 2. The molecule has 7 heteroatoms. The van der Waals surface area contributed by atoms with Gasteiger partial charge < -0.3 is 20.1 Å². The fourth-order valence-corrected chi connectivity index (χ4v) is 2.89. The largest absolute Gasteiger partial charge is 0.379 e. The number of carbonyl (C=O) groups excluding carboxylic acids is 1. The zero-order valence-corrected chi connectivity index (χ0v) is 17.2. The van der Waals surface area contributed by atoms with Crippen LogP contribution in [0.15, 0.2) is 67.0 Å². The highest BCUT2D eigenvalue weighted by molar-refractivity contribution is 5.89. The molecule has 0 unspecified atom stereocenters. The number of hydrogen-bond acceptors (Lipinski definition) is 4. The second kappa shape index (κ2) is 11.7. The number of amides is 2. The molecule has 3 rings (SSSR count). The summed E-state index contributed by atoms with van der Waals surface area (Å²) in [5, 5.41) is 9.95. The second-order valence-electron chi connectivity index (χ2n) is 6.78. The molecular weight excluding hydrogens is 380 g/mol. The maximum absolute atomic E-state index is 12.2. The van der Waals surface area contributed by atoms with Crippen LogP contribution in [0.25, 0.3) is 0 Å². The van der Waals surface area contributed by atoms with Gasteiger partial charge in [-0.25, -0.2) is 4.79 Å². The number of aromatic nitrogens is 2. The van der Waals surface area contributed by atoms with Crippen LogP contribution in [-0.2, 0) is 29.2 Å². The van der Waals surface area contributed by atoms with Crippen LogP contribution >= 0.6 is 0 Å². The van der Waals surface area contributed by atoms with Gasteiger partial charge >= 0.3 is 6.03 Å². The maximum Gasteiger partial charge on any atom is 0.319 e. The Balaban J connectivity index is 1.41. The fraction of sp³-hybridized carbons (Fsp3) is 0.304. The third kappa shape index (κ3) is 7.35. The van der Waals surface area contributed by atoms with Crippen molar-refractivity contribution in [2.75, 3.05) is 25.1 Å². The first-order valence-electron chi connectivity index (χ1n) is 10.1. The Morgan fingerprint density at radius 2 is 1.80 bits per heavy atom. The SMILES string of the molecule is CCOCCOCc1cccc(NC(=O)NCc2ccc(Cn3cccn3)cc2)c1. The summed E-state index contributed by atoms with van der Waals surface area (Å²) in [6.07, 6.45) is 3.70. The number of nitrogens with one attached hydrogen (secondary N) is 2. The molecule has 30 heavy (non-hydrogen) atoms. The van der Waals surface area contributed by atoms with Crippen LogP contribution in [0, 0.1) is 0 Å². The van der Waals surface area contributed by atoms with E-state index in [9.17, 15) is 4.79 Å². The molecule has 0 fully saturated rings. The van der Waals surface area contributed by atoms with E-state index in [1.165, 1.54) is 0 Å². The van der Waals surface area contributed by atoms with Crippen molar-refractivity contribution in [3.05, 3.63) is 83.7 Å². The molecule has 3 aromatic rings. The lowest BCUT2D eigenvalue weighted by Crippen LogP contribution is -2.28. The van der Waals surface area contributed by atoms with Crippen LogP contribution in [0.2, 0.25) is 0 Å². The van der Waals surface area contributed by atoms with E-state index in [-0.39, 0.29) is 6.03 Å². The van der Waals surface area contributed by atoms with E-state index in [2.05, 4.69) is 15.7 Å². The Bertz CT molecular complexity index is 895. The van der Waals surface area contributed by atoms with Gasteiger partial charge in [0.2, 0.25) is 0 Å². The van der Waals surface area contributed by atoms with Gasteiger partial charge in [-0.05, 0) is 41.8 Å². The lowest BCUT2D eigenvalue weighted by molar-refractivity contribution is 0.0453. The van der Waals surface area contributed by atoms with Gasteiger partial charge in [-0.2, -0.15) is 5.10 Å². The van der Waals surface area contributed by atoms with Crippen LogP contribution in [-0.4, -0.2) is 35.6 Å². The molecule has 158 valence electrons. The first-order valence-corrected chi connectivity index (χ1v) is 10.1. The zero-order valence-electron chi connectivity index (χ0n) is 17.2. The normalized spacial score (nSPS) is 10.7. The van der Waals surface area contributed by atoms with Gasteiger partial charge in [-0.1, -0.05) is 36.4 Å². The monoisotopic (exact) mass is 408 g/mol. The molecule has 0 radical (unpaired) electrons. The van der Waals surface area contributed by atoms with Crippen molar-refractivity contribution in [1.29, 1.82) is 0 Å². The van der Waals surface area contributed by atoms with Crippen molar-refractivity contribution >= 4 is 11.7 Å². The minimum Gasteiger partial charge on any atom is -0.379 e. The molecule has 0 spiro atoms. The Morgan fingerprint density at radius 1 is 1.00 bits per heavy atom. The fourth-order valence-electron chi connectivity index (χ4n) is 2.89. The van der Waals surface area contributed by atoms with E-state index in [1.54, 1.807) is 6.20 Å². The Labute approximate surface area is 177 Å². The molecule has 0 bridgehead atoms. The number of nitrogens with zero attached hydrogens (tertiary/aromatic N) is 2. The summed E-state index contributed by atoms with van der Waals surface area (Å²) in [5.41, 5.74) is 3.92. The molecule has 2 N–H and O–H groups in total. The van der Waals surface area contributed by atoms with E-state index in [4.69, 9.17) is 9.47 Å². The average Bonchev–Trinajstić information content (AvgIpc) is 3.26. The summed E-state index contributed by atoms with van der Waals surface area (Å²) in [7, 11) is 0. The van der Waals surface area contributed by atoms with Crippen molar-refractivity contribution < 1.29 is 14.3 Å². The maximum atomic E-state index is 12.2. The van der Waals surface area contributed by atoms with Crippen LogP contribution in [0.4, 0.5) is 10.5 Å². The number of urea groups is 1. The van der Waals surface area contributed by atoms with Crippen molar-refractivity contribution in [3.63, 3.8) is 0 Å². The number of hydrogen-bond donors (Lipinski definition) is 2. The van der Waals surface area contributed by atoms with Gasteiger partial charge in [0.05, 0.1) is 26.4 Å². The van der Waals surface area contributed by atoms with E-state index in [0.717, 1.165) is 28.9 Å². The van der Waals surface area contributed by atoms with Crippen molar-refractivity contribution in [1.82, 2.24) is 15.1 Å². The first kappa shape index (κ1) is 21.5. The molecule has 0 aliphatic heterocycles. The highest BCUT2D eigenvalue weighted by Gasteiger charge is 2.04. The van der Waals surface area contributed by atoms with Gasteiger partial charge in [-0.15, -0.1) is 0 Å². The molecule has 7 nitrogen and oxygen atoms in total. The van der Waals surface area contributed by atoms with Crippen molar-refractivity contribution in [2.24, 2.45) is 0 Å². The molecule has 0 atom stereocenters. The molecule has 0 saturated carbocycles. The second-order valence-corrected chi connectivity index (χ2v) is 6.78. The molecule has 2 amide bonds. The summed E-state index contributed by atoms with van der Waals surface area (Å²) >= 11 is 0. The standard InChI is InChI=1S/C23H28N4O3/c1-2-29-13-14-30-18-21-5-3-6-22(15-21)26-23(28)24-16-19-7-9-20(10-8-19)17-27-12-4-11-25-27/h3-12,15H,2,13-14,16-18H2,1H3,(H2,24,26,28). The van der Waals surface area contributed by atoms with Crippen molar-refractivity contribution in [2.45, 2.75) is 26.6 Å². The minimum absolute atomic E-state index is 0.245. The number of benzene rings is 2. The van der Waals surface area contributed by atoms with Crippen LogP contribution in [0.1, 0.15) is 23.6 Å². The topological polar surface area (TPSA) is 77.4 Å². The van der Waals surface area contributed by atoms with Crippen molar-refractivity contribution in [3.8, 4) is 0 Å². The van der Waals surface area contributed by atoms with E-state index in [0.29, 0.717) is 33.0 Å². The average molecular weight is 409 g/mol. The number of carbonyl (C=O) groups is 1. The Hall–Kier alpha value is -3.16. The predicted octanol–water partition coefficient (Wildman–Crippen LogP) is 3.81. The predicted molar refractivity (Wildman–Crippen MR) is 116 cm³/mol. The first-order chi connectivity index (χ1) is 14.7. The molecule has 1 aromatic heterocycles. The quantitative estimate of drug-likeness (QED) is 0.473. The van der Waals surface area contributed by atoms with Gasteiger partial charge in [0.15, 0.2) is 0 Å². The highest BCUT2D eigenvalue weighted by atomic mass is 16.5. The van der Waals surface area contributed by atoms with Gasteiger partial charge in [0, 0.05) is 31.2 Å². The molecule has 0 aliphatic rings. The van der Waals surface area contributed by atoms with Gasteiger partial charge in [-0.3, -0.25) is 4.68 Å². The lowest BCUT2D eigenvalue weighted by Gasteiger charge is -2.10. The molecule has 0 saturated heterocycles. The Kier molecular flexibility index (Phi) is 8.44. The minimum atomic E-state index is -0.245. The van der Waals surface area contributed by atoms with Crippen LogP contribution in [0.5, 0.6) is 0 Å². The molecular formula is C23H28N4O3. The van der Waals surface area contributed by atoms with E-state index >= 15 is 0 Å². The third-order valence-electron chi connectivity index (χ3n) is 4.41. The highest BCUT2D eigenvalue weighted by Crippen LogP contribution is 2.12. The van der Waals surface area contributed by atoms with Gasteiger partial charge in [0.25, 0.3) is 0 Å². The van der Waals surface area contributed by atoms with Gasteiger partial charge in [0.1, 0.15) is 0 Å². The summed E-state index contributed by atoms with van der Waals surface area (Å²) in [6, 6.07) is 17.4. The lowest BCUT2D eigenvalue weighted by atomic mass is 10.1. The molecule has 1 heterocycles. The summed E-state index contributed by atoms with van der Waals surface area (Å²) in [4.78, 5) is 12.2. The molecule has 0 aliphatic carbocycles. The van der Waals surface area contributed by atoms with Crippen LogP contribution < -0.4 is 10.6 Å². The Morgan fingerprint density at radius 3 is 2.57 bits per heavy atom. The summed E-state index contributed by atoms with van der Waals surface area (Å²) in [6.45, 7) is 5.44. The zero-order chi connectivity index (χ0) is 21.0. The third-order valence-corrected chi connectivity index (χ3v) is 4.41.